The number of ether oxygens (including phenoxy) is 1. The van der Waals surface area contributed by atoms with Crippen molar-refractivity contribution >= 4 is 39.4 Å². The SMILES string of the molecule is CCOC(=O)c1cn([C@@H]2C[C@@H]2F)c2c(C#N)c(F)c(F)cc2c1=O.C[N-]C1([C@@H]2CCN(c3c(F)cc4c(=O)c(C(=O)O)cn([C@@H]5C[C@@H]5F)c4c3C#N)C2)CC1. The standard InChI is InChI=1S/C22H21F2N4O3.C16H11F3N2O3/c1-26-22(3-4-22)11-2-5-27(9-11)19-13(8-25)18-12(6-16(19)24)20(29)14(21(30)31)10-28(18)17-7-15(17)23;1-2-24-16(23)9-6-21(12-4-10(12)17)14-7(15(9)22)3-11(18)13(19)8(14)5-20/h6,10-11,15,17H,2-5,7,9H2,1H3,(H,30,31);3,6,10,12H,2,4H2,1H3/q-1;/t11-,15+,17-;10-,12+/m10/s1. The van der Waals surface area contributed by atoms with Gasteiger partial charge >= 0.3 is 11.9 Å². The number of benzene rings is 2. The Morgan fingerprint density at radius 1 is 0.927 bits per heavy atom. The molecule has 0 unspecified atom stereocenters. The summed E-state index contributed by atoms with van der Waals surface area (Å²) in [6.45, 7) is 2.64. The highest BCUT2D eigenvalue weighted by molar-refractivity contribution is 5.97. The zero-order valence-corrected chi connectivity index (χ0v) is 29.4. The van der Waals surface area contributed by atoms with Crippen LogP contribution in [0.4, 0.5) is 27.6 Å². The molecule has 3 saturated carbocycles. The summed E-state index contributed by atoms with van der Waals surface area (Å²) in [7, 11) is 1.80. The van der Waals surface area contributed by atoms with Crippen LogP contribution in [0.15, 0.2) is 34.1 Å². The minimum Gasteiger partial charge on any atom is -0.659 e. The maximum Gasteiger partial charge on any atom is 0.343 e. The van der Waals surface area contributed by atoms with Gasteiger partial charge < -0.3 is 29.2 Å². The Morgan fingerprint density at radius 3 is 1.95 bits per heavy atom. The number of esters is 1. The number of anilines is 1. The van der Waals surface area contributed by atoms with Crippen molar-refractivity contribution in [2.75, 3.05) is 31.6 Å². The van der Waals surface area contributed by atoms with E-state index in [1.807, 2.05) is 11.0 Å². The van der Waals surface area contributed by atoms with Crippen LogP contribution in [0.5, 0.6) is 0 Å². The molecular formula is C38H32F5N6O6-. The van der Waals surface area contributed by atoms with Gasteiger partial charge in [-0.1, -0.05) is 12.8 Å². The van der Waals surface area contributed by atoms with E-state index >= 15 is 4.39 Å². The number of aromatic carboxylic acids is 1. The van der Waals surface area contributed by atoms with E-state index < -0.39 is 81.4 Å². The van der Waals surface area contributed by atoms with Gasteiger partial charge in [-0.15, -0.1) is 5.54 Å². The van der Waals surface area contributed by atoms with Gasteiger partial charge in [-0.2, -0.15) is 17.6 Å². The third-order valence-corrected chi connectivity index (χ3v) is 10.9. The second-order valence-corrected chi connectivity index (χ2v) is 14.1. The van der Waals surface area contributed by atoms with Crippen LogP contribution in [0.25, 0.3) is 27.1 Å². The second-order valence-electron chi connectivity index (χ2n) is 14.1. The molecule has 0 radical (unpaired) electrons. The molecule has 1 N–H and O–H groups in total. The maximum absolute atomic E-state index is 15.3. The summed E-state index contributed by atoms with van der Waals surface area (Å²) in [5, 5.41) is 32.4. The van der Waals surface area contributed by atoms with Crippen molar-refractivity contribution < 1.29 is 41.4 Å². The van der Waals surface area contributed by atoms with E-state index in [2.05, 4.69) is 5.32 Å². The Morgan fingerprint density at radius 2 is 1.45 bits per heavy atom. The molecule has 1 saturated heterocycles. The molecule has 55 heavy (non-hydrogen) atoms. The fourth-order valence-corrected chi connectivity index (χ4v) is 7.71. The van der Waals surface area contributed by atoms with Crippen LogP contribution in [0.2, 0.25) is 0 Å². The summed E-state index contributed by atoms with van der Waals surface area (Å²) in [6.07, 6.45) is 2.74. The summed E-state index contributed by atoms with van der Waals surface area (Å²) in [4.78, 5) is 50.5. The lowest BCUT2D eigenvalue weighted by Crippen LogP contribution is -2.28. The van der Waals surface area contributed by atoms with Gasteiger partial charge in [0.15, 0.2) is 11.6 Å². The van der Waals surface area contributed by atoms with E-state index in [1.54, 1.807) is 14.0 Å². The molecule has 1 aliphatic heterocycles. The van der Waals surface area contributed by atoms with Gasteiger partial charge in [0.05, 0.1) is 46.2 Å². The number of carbonyl (C=O) groups is 2. The summed E-state index contributed by atoms with van der Waals surface area (Å²) < 4.78 is 77.6. The number of alkyl halides is 2. The smallest absolute Gasteiger partial charge is 0.343 e. The Balaban J connectivity index is 0.000000175. The van der Waals surface area contributed by atoms with Gasteiger partial charge in [0.2, 0.25) is 10.9 Å². The molecule has 4 aliphatic rings. The quantitative estimate of drug-likeness (QED) is 0.168. The molecule has 2 aromatic carbocycles. The van der Waals surface area contributed by atoms with Gasteiger partial charge in [0.25, 0.3) is 0 Å². The number of carbonyl (C=O) groups excluding carboxylic acids is 1. The lowest BCUT2D eigenvalue weighted by atomic mass is 9.96. The van der Waals surface area contributed by atoms with Crippen molar-refractivity contribution in [2.24, 2.45) is 5.92 Å². The highest BCUT2D eigenvalue weighted by Crippen LogP contribution is 2.52. The van der Waals surface area contributed by atoms with Crippen LogP contribution in [-0.4, -0.2) is 70.8 Å². The molecule has 8 rings (SSSR count). The average molecular weight is 764 g/mol. The molecule has 3 aliphatic carbocycles. The zero-order valence-electron chi connectivity index (χ0n) is 29.4. The first-order valence-electron chi connectivity index (χ1n) is 17.5. The molecule has 286 valence electrons. The third kappa shape index (κ3) is 6.26. The highest BCUT2D eigenvalue weighted by Gasteiger charge is 2.45. The third-order valence-electron chi connectivity index (χ3n) is 10.9. The monoisotopic (exact) mass is 763 g/mol. The number of nitrogens with zero attached hydrogens (tertiary/aromatic N) is 6. The van der Waals surface area contributed by atoms with Crippen molar-refractivity contribution in [3.63, 3.8) is 0 Å². The van der Waals surface area contributed by atoms with Gasteiger partial charge in [-0.25, -0.2) is 31.5 Å². The molecule has 4 fully saturated rings. The average Bonchev–Trinajstić information content (AvgIpc) is 4.13. The first kappa shape index (κ1) is 37.5. The lowest BCUT2D eigenvalue weighted by molar-refractivity contribution is 0.0523. The van der Waals surface area contributed by atoms with Gasteiger partial charge in [0, 0.05) is 38.3 Å². The highest BCUT2D eigenvalue weighted by atomic mass is 19.2. The molecule has 4 aromatic rings. The van der Waals surface area contributed by atoms with E-state index in [0.717, 1.165) is 42.3 Å². The molecule has 3 heterocycles. The van der Waals surface area contributed by atoms with Gasteiger partial charge in [-0.05, 0) is 31.4 Å². The molecule has 2 aromatic heterocycles. The Hall–Kier alpha value is -5.81. The summed E-state index contributed by atoms with van der Waals surface area (Å²) in [5.74, 6) is -5.72. The first-order valence-corrected chi connectivity index (χ1v) is 17.5. The summed E-state index contributed by atoms with van der Waals surface area (Å²) in [6, 6.07) is 3.71. The molecule has 5 atom stereocenters. The number of hydrogen-bond acceptors (Lipinski definition) is 8. The normalized spacial score (nSPS) is 23.1. The van der Waals surface area contributed by atoms with Crippen LogP contribution in [0, 0.1) is 46.0 Å². The molecule has 0 bridgehead atoms. The largest absolute Gasteiger partial charge is 0.659 e. The minimum absolute atomic E-state index is 0.00665. The summed E-state index contributed by atoms with van der Waals surface area (Å²) in [5.41, 5.74) is -3.60. The van der Waals surface area contributed by atoms with Crippen LogP contribution < -0.4 is 15.8 Å². The topological polar surface area (TPSA) is 173 Å². The fourth-order valence-electron chi connectivity index (χ4n) is 7.71. The van der Waals surface area contributed by atoms with E-state index in [-0.39, 0.29) is 64.0 Å². The number of aromatic nitrogens is 2. The van der Waals surface area contributed by atoms with E-state index in [1.165, 1.54) is 10.6 Å². The van der Waals surface area contributed by atoms with Crippen LogP contribution in [0.3, 0.4) is 0 Å². The molecular weight excluding hydrogens is 731 g/mol. The first-order chi connectivity index (χ1) is 26.2. The molecule has 17 heteroatoms. The zero-order chi connectivity index (χ0) is 39.7. The number of rotatable bonds is 8. The number of carboxylic acid groups (broad SMARTS) is 1. The van der Waals surface area contributed by atoms with Crippen LogP contribution in [-0.2, 0) is 4.74 Å². The van der Waals surface area contributed by atoms with Crippen molar-refractivity contribution in [1.82, 2.24) is 9.13 Å². The molecule has 0 spiro atoms. The van der Waals surface area contributed by atoms with Crippen molar-refractivity contribution in [3.8, 4) is 12.1 Å². The maximum atomic E-state index is 15.3. The minimum atomic E-state index is -1.47. The van der Waals surface area contributed by atoms with Crippen molar-refractivity contribution in [1.29, 1.82) is 10.5 Å². The number of halogens is 5. The van der Waals surface area contributed by atoms with E-state index in [9.17, 15) is 47.1 Å². The Labute approximate surface area is 308 Å². The van der Waals surface area contributed by atoms with Crippen molar-refractivity contribution in [3.05, 3.63) is 90.0 Å². The fraction of sp³-hybridized carbons (Fsp3) is 0.421. The molecule has 12 nitrogen and oxygen atoms in total. The van der Waals surface area contributed by atoms with E-state index in [0.29, 0.717) is 19.2 Å². The molecule has 0 amide bonds. The second kappa shape index (κ2) is 13.8. The number of pyridine rings is 2. The lowest BCUT2D eigenvalue weighted by Gasteiger charge is -2.34. The Kier molecular flexibility index (Phi) is 9.41. The predicted molar refractivity (Wildman–Crippen MR) is 187 cm³/mol. The van der Waals surface area contributed by atoms with Crippen LogP contribution in [0.1, 0.15) is 83.0 Å². The predicted octanol–water partition coefficient (Wildman–Crippen LogP) is 5.97. The number of fused-ring (bicyclic) bond motifs is 2. The van der Waals surface area contributed by atoms with Crippen LogP contribution >= 0.6 is 0 Å². The number of nitriles is 2. The Bertz CT molecular complexity index is 2520. The van der Waals surface area contributed by atoms with Gasteiger partial charge in [0.1, 0.15) is 52.6 Å². The number of hydrogen-bond donors (Lipinski definition) is 1. The number of carboxylic acids is 1. The van der Waals surface area contributed by atoms with Gasteiger partial charge in [-0.3, -0.25) is 9.59 Å². The van der Waals surface area contributed by atoms with Crippen molar-refractivity contribution in [2.45, 2.75) is 69.0 Å². The van der Waals surface area contributed by atoms with E-state index in [4.69, 9.17) is 10.00 Å². The summed E-state index contributed by atoms with van der Waals surface area (Å²) >= 11 is 0.